The molecule has 0 aliphatic carbocycles. The molecule has 1 aliphatic rings. The average molecular weight is 383 g/mol. The molecule has 0 spiro atoms. The molecular weight excluding hydrogens is 354 g/mol. The summed E-state index contributed by atoms with van der Waals surface area (Å²) in [7, 11) is 1.47. The van der Waals surface area contributed by atoms with Crippen LogP contribution in [0.4, 0.5) is 11.4 Å². The molecule has 0 bridgehead atoms. The molecule has 6 nitrogen and oxygen atoms in total. The van der Waals surface area contributed by atoms with E-state index in [1.807, 2.05) is 18.2 Å². The van der Waals surface area contributed by atoms with Crippen molar-refractivity contribution in [1.82, 2.24) is 5.32 Å². The van der Waals surface area contributed by atoms with Crippen molar-refractivity contribution in [3.8, 4) is 5.75 Å². The van der Waals surface area contributed by atoms with Gasteiger partial charge in [-0.2, -0.15) is 0 Å². The Balaban J connectivity index is 2.14. The van der Waals surface area contributed by atoms with Gasteiger partial charge in [-0.25, -0.2) is 0 Å². The van der Waals surface area contributed by atoms with Crippen molar-refractivity contribution in [2.45, 2.75) is 51.1 Å². The Hall–Kier alpha value is -2.60. The molecular formula is C22H29N3O3. The van der Waals surface area contributed by atoms with Crippen LogP contribution in [0.1, 0.15) is 56.7 Å². The fraction of sp³-hybridized carbons (Fsp3) is 0.455. The summed E-state index contributed by atoms with van der Waals surface area (Å²) in [5, 5.41) is 19.0. The molecule has 0 fully saturated rings. The van der Waals surface area contributed by atoms with Gasteiger partial charge in [-0.15, -0.1) is 0 Å². The molecule has 2 aromatic rings. The van der Waals surface area contributed by atoms with Crippen LogP contribution in [0.3, 0.4) is 0 Å². The number of anilines is 1. The maximum atomic E-state index is 11.6. The third-order valence-corrected chi connectivity index (χ3v) is 5.75. The third kappa shape index (κ3) is 3.97. The summed E-state index contributed by atoms with van der Waals surface area (Å²) in [5.74, 6) is 0.278. The standard InChI is InChI=1S/C22H29N3O3/c1-4-6-12-22(5-2)15-23-18-14-20(28-3)19(25(26)27)13-17(18)21(24-22)16-10-8-7-9-11-16/h7-11,13-14,21,23-24H,4-6,12,15H2,1-3H3/t21-,22-/m1/s1. The summed E-state index contributed by atoms with van der Waals surface area (Å²) >= 11 is 0. The number of nitrogens with one attached hydrogen (secondary N) is 2. The first-order valence-corrected chi connectivity index (χ1v) is 9.96. The minimum Gasteiger partial charge on any atom is -0.490 e. The molecule has 1 aliphatic heterocycles. The van der Waals surface area contributed by atoms with Gasteiger partial charge >= 0.3 is 5.69 Å². The van der Waals surface area contributed by atoms with E-state index in [0.717, 1.165) is 49.0 Å². The van der Waals surface area contributed by atoms with Crippen LogP contribution in [0, 0.1) is 10.1 Å². The fourth-order valence-corrected chi connectivity index (χ4v) is 3.97. The van der Waals surface area contributed by atoms with E-state index in [9.17, 15) is 10.1 Å². The number of hydrogen-bond acceptors (Lipinski definition) is 5. The Morgan fingerprint density at radius 3 is 2.61 bits per heavy atom. The highest BCUT2D eigenvalue weighted by Gasteiger charge is 2.36. The van der Waals surface area contributed by atoms with Crippen molar-refractivity contribution in [2.24, 2.45) is 0 Å². The molecule has 2 N–H and O–H groups in total. The van der Waals surface area contributed by atoms with Gasteiger partial charge in [-0.1, -0.05) is 57.0 Å². The van der Waals surface area contributed by atoms with Crippen molar-refractivity contribution in [3.63, 3.8) is 0 Å². The molecule has 0 amide bonds. The first-order valence-electron chi connectivity index (χ1n) is 9.96. The lowest BCUT2D eigenvalue weighted by atomic mass is 9.87. The smallest absolute Gasteiger partial charge is 0.311 e. The fourth-order valence-electron chi connectivity index (χ4n) is 3.97. The molecule has 28 heavy (non-hydrogen) atoms. The van der Waals surface area contributed by atoms with Gasteiger partial charge in [0, 0.05) is 35.5 Å². The maximum absolute atomic E-state index is 11.6. The van der Waals surface area contributed by atoms with E-state index in [1.54, 1.807) is 12.1 Å². The Kier molecular flexibility index (Phi) is 6.19. The molecule has 0 unspecified atom stereocenters. The average Bonchev–Trinajstić information content (AvgIpc) is 2.89. The molecule has 2 atom stereocenters. The first kappa shape index (κ1) is 20.1. The maximum Gasteiger partial charge on any atom is 0.311 e. The molecule has 0 radical (unpaired) electrons. The van der Waals surface area contributed by atoms with E-state index in [2.05, 4.69) is 36.6 Å². The molecule has 0 saturated carbocycles. The van der Waals surface area contributed by atoms with Gasteiger partial charge in [-0.05, 0) is 18.4 Å². The highest BCUT2D eigenvalue weighted by Crippen LogP contribution is 2.41. The number of fused-ring (bicyclic) bond motifs is 1. The lowest BCUT2D eigenvalue weighted by Gasteiger charge is -2.36. The van der Waals surface area contributed by atoms with Gasteiger partial charge in [0.2, 0.25) is 0 Å². The third-order valence-electron chi connectivity index (χ3n) is 5.75. The van der Waals surface area contributed by atoms with Gasteiger partial charge in [0.15, 0.2) is 5.75 Å². The number of hydrogen-bond donors (Lipinski definition) is 2. The van der Waals surface area contributed by atoms with Gasteiger partial charge in [0.1, 0.15) is 0 Å². The minimum absolute atomic E-state index is 0.0108. The zero-order chi connectivity index (χ0) is 20.1. The van der Waals surface area contributed by atoms with Crippen LogP contribution in [0.2, 0.25) is 0 Å². The van der Waals surface area contributed by atoms with Crippen LogP contribution in [0.15, 0.2) is 42.5 Å². The number of methoxy groups -OCH3 is 1. The summed E-state index contributed by atoms with van der Waals surface area (Å²) < 4.78 is 5.30. The van der Waals surface area contributed by atoms with Gasteiger partial charge < -0.3 is 10.1 Å². The number of ether oxygens (including phenoxy) is 1. The second-order valence-electron chi connectivity index (χ2n) is 7.45. The minimum atomic E-state index is -0.379. The predicted octanol–water partition coefficient (Wildman–Crippen LogP) is 5.05. The Morgan fingerprint density at radius 2 is 2.00 bits per heavy atom. The lowest BCUT2D eigenvalue weighted by molar-refractivity contribution is -0.385. The first-order chi connectivity index (χ1) is 13.5. The number of benzene rings is 2. The van der Waals surface area contributed by atoms with Crippen LogP contribution in [-0.2, 0) is 0 Å². The number of unbranched alkanes of at least 4 members (excludes halogenated alkanes) is 1. The number of nitro benzene ring substituents is 1. The molecule has 0 saturated heterocycles. The summed E-state index contributed by atoms with van der Waals surface area (Å²) in [6.45, 7) is 5.16. The summed E-state index contributed by atoms with van der Waals surface area (Å²) in [5.41, 5.74) is 2.77. The second-order valence-corrected chi connectivity index (χ2v) is 7.45. The molecule has 0 aromatic heterocycles. The van der Waals surface area contributed by atoms with Crippen molar-refractivity contribution in [1.29, 1.82) is 0 Å². The number of nitro groups is 1. The van der Waals surface area contributed by atoms with Crippen LogP contribution in [0.5, 0.6) is 5.75 Å². The van der Waals surface area contributed by atoms with Gasteiger partial charge in [0.05, 0.1) is 18.1 Å². The van der Waals surface area contributed by atoms with Crippen LogP contribution in [-0.4, -0.2) is 24.1 Å². The number of rotatable bonds is 7. The van der Waals surface area contributed by atoms with Crippen molar-refractivity contribution >= 4 is 11.4 Å². The molecule has 150 valence electrons. The number of nitrogens with zero attached hydrogens (tertiary/aromatic N) is 1. The van der Waals surface area contributed by atoms with E-state index < -0.39 is 0 Å². The summed E-state index contributed by atoms with van der Waals surface area (Å²) in [6, 6.07) is 13.4. The topological polar surface area (TPSA) is 76.4 Å². The molecule has 2 aromatic carbocycles. The lowest BCUT2D eigenvalue weighted by Crippen LogP contribution is -2.50. The van der Waals surface area contributed by atoms with Gasteiger partial charge in [-0.3, -0.25) is 15.4 Å². The quantitative estimate of drug-likeness (QED) is 0.517. The largest absolute Gasteiger partial charge is 0.490 e. The van der Waals surface area contributed by atoms with E-state index in [0.29, 0.717) is 0 Å². The van der Waals surface area contributed by atoms with Crippen LogP contribution < -0.4 is 15.4 Å². The predicted molar refractivity (Wildman–Crippen MR) is 112 cm³/mol. The van der Waals surface area contributed by atoms with Crippen molar-refractivity contribution < 1.29 is 9.66 Å². The molecule has 3 rings (SSSR count). The van der Waals surface area contributed by atoms with Crippen LogP contribution in [0.25, 0.3) is 0 Å². The highest BCUT2D eigenvalue weighted by molar-refractivity contribution is 5.66. The Bertz CT molecular complexity index is 825. The normalized spacial score (nSPS) is 21.3. The van der Waals surface area contributed by atoms with Gasteiger partial charge in [0.25, 0.3) is 0 Å². The van der Waals surface area contributed by atoms with Crippen molar-refractivity contribution in [3.05, 3.63) is 63.7 Å². The second kappa shape index (κ2) is 8.61. The van der Waals surface area contributed by atoms with E-state index in [4.69, 9.17) is 4.74 Å². The Morgan fingerprint density at radius 1 is 1.25 bits per heavy atom. The zero-order valence-corrected chi connectivity index (χ0v) is 16.8. The van der Waals surface area contributed by atoms with E-state index >= 15 is 0 Å². The Labute approximate surface area is 166 Å². The SMILES string of the molecule is CCCC[C@]1(CC)CNc2cc(OC)c([N+](=O)[O-])cc2[C@@H](c2ccccc2)N1. The summed E-state index contributed by atoms with van der Waals surface area (Å²) in [4.78, 5) is 11.2. The van der Waals surface area contributed by atoms with E-state index in [1.165, 1.54) is 7.11 Å². The molecule has 1 heterocycles. The highest BCUT2D eigenvalue weighted by atomic mass is 16.6. The zero-order valence-electron chi connectivity index (χ0n) is 16.8. The summed E-state index contributed by atoms with van der Waals surface area (Å²) in [6.07, 6.45) is 4.27. The van der Waals surface area contributed by atoms with E-state index in [-0.39, 0.29) is 27.9 Å². The van der Waals surface area contributed by atoms with Crippen LogP contribution >= 0.6 is 0 Å². The monoisotopic (exact) mass is 383 g/mol. The molecule has 6 heteroatoms. The van der Waals surface area contributed by atoms with Crippen molar-refractivity contribution in [2.75, 3.05) is 19.0 Å².